The number of carbonyl (C=O) groups is 2. The number of thiophene rings is 1. The maximum atomic E-state index is 12.1. The molecule has 2 amide bonds. The van der Waals surface area contributed by atoms with E-state index in [0.29, 0.717) is 14.9 Å². The van der Waals surface area contributed by atoms with Crippen LogP contribution in [-0.2, 0) is 16.1 Å². The Bertz CT molecular complexity index is 970. The van der Waals surface area contributed by atoms with Crippen LogP contribution in [0.4, 0.5) is 5.69 Å². The van der Waals surface area contributed by atoms with Crippen LogP contribution in [0.3, 0.4) is 0 Å². The van der Waals surface area contributed by atoms with Crippen LogP contribution in [0, 0.1) is 0 Å². The Morgan fingerprint density at radius 3 is 2.64 bits per heavy atom. The Morgan fingerprint density at radius 2 is 2.00 bits per heavy atom. The van der Waals surface area contributed by atoms with Crippen LogP contribution in [0.1, 0.15) is 15.4 Å². The van der Waals surface area contributed by atoms with E-state index < -0.39 is 0 Å². The zero-order chi connectivity index (χ0) is 20.1. The molecule has 0 atom stereocenters. The summed E-state index contributed by atoms with van der Waals surface area (Å²) < 4.78 is 7.03. The van der Waals surface area contributed by atoms with E-state index in [4.69, 9.17) is 16.3 Å². The lowest BCUT2D eigenvalue weighted by molar-refractivity contribution is -0.121. The summed E-state index contributed by atoms with van der Waals surface area (Å²) in [6.45, 7) is 0.273. The SMILES string of the molecule is COCC(=O)N(C)c1ccc(-n2cc(CNC(=O)c3ccc(Cl)s3)nn2)cc1. The van der Waals surface area contributed by atoms with Crippen LogP contribution >= 0.6 is 22.9 Å². The molecule has 10 heteroatoms. The second-order valence-electron chi connectivity index (χ2n) is 5.84. The van der Waals surface area contributed by atoms with Crippen molar-refractivity contribution in [3.63, 3.8) is 0 Å². The molecule has 0 radical (unpaired) electrons. The molecular weight excluding hydrogens is 402 g/mol. The van der Waals surface area contributed by atoms with Crippen molar-refractivity contribution < 1.29 is 14.3 Å². The zero-order valence-corrected chi connectivity index (χ0v) is 16.8. The minimum Gasteiger partial charge on any atom is -0.375 e. The fourth-order valence-electron chi connectivity index (χ4n) is 2.39. The predicted molar refractivity (Wildman–Crippen MR) is 107 cm³/mol. The molecule has 0 aliphatic heterocycles. The molecule has 0 spiro atoms. The second kappa shape index (κ2) is 8.96. The summed E-state index contributed by atoms with van der Waals surface area (Å²) in [5, 5.41) is 10.9. The van der Waals surface area contributed by atoms with Gasteiger partial charge in [-0.05, 0) is 36.4 Å². The van der Waals surface area contributed by atoms with E-state index >= 15 is 0 Å². The Kier molecular flexibility index (Phi) is 6.40. The average molecular weight is 420 g/mol. The van der Waals surface area contributed by atoms with E-state index in [2.05, 4.69) is 15.6 Å². The van der Waals surface area contributed by atoms with Gasteiger partial charge >= 0.3 is 0 Å². The van der Waals surface area contributed by atoms with Crippen molar-refractivity contribution >= 4 is 40.4 Å². The summed E-state index contributed by atoms with van der Waals surface area (Å²) in [5.74, 6) is -0.347. The highest BCUT2D eigenvalue weighted by atomic mass is 35.5. The quantitative estimate of drug-likeness (QED) is 0.635. The highest BCUT2D eigenvalue weighted by Crippen LogP contribution is 2.21. The third-order valence-electron chi connectivity index (χ3n) is 3.91. The van der Waals surface area contributed by atoms with Crippen molar-refractivity contribution in [3.8, 4) is 5.69 Å². The number of nitrogens with zero attached hydrogens (tertiary/aromatic N) is 4. The number of amides is 2. The monoisotopic (exact) mass is 419 g/mol. The van der Waals surface area contributed by atoms with Gasteiger partial charge in [0, 0.05) is 19.8 Å². The third-order valence-corrected chi connectivity index (χ3v) is 5.14. The molecule has 0 fully saturated rings. The van der Waals surface area contributed by atoms with Crippen molar-refractivity contribution in [2.75, 3.05) is 25.7 Å². The first kappa shape index (κ1) is 20.0. The molecule has 0 unspecified atom stereocenters. The number of methoxy groups -OCH3 is 1. The minimum absolute atomic E-state index is 0.0219. The van der Waals surface area contributed by atoms with Gasteiger partial charge in [0.15, 0.2) is 0 Å². The first-order chi connectivity index (χ1) is 13.5. The molecule has 28 heavy (non-hydrogen) atoms. The van der Waals surface area contributed by atoms with E-state index in [1.54, 1.807) is 30.1 Å². The number of hydrogen-bond acceptors (Lipinski definition) is 6. The first-order valence-electron chi connectivity index (χ1n) is 8.28. The van der Waals surface area contributed by atoms with Gasteiger partial charge in [-0.3, -0.25) is 9.59 Å². The number of ether oxygens (including phenoxy) is 1. The van der Waals surface area contributed by atoms with Crippen LogP contribution in [0.2, 0.25) is 4.34 Å². The van der Waals surface area contributed by atoms with Gasteiger partial charge in [-0.25, -0.2) is 4.68 Å². The number of benzene rings is 1. The third kappa shape index (κ3) is 4.75. The summed E-state index contributed by atoms with van der Waals surface area (Å²) in [6, 6.07) is 10.6. The van der Waals surface area contributed by atoms with Gasteiger partial charge < -0.3 is 15.0 Å². The number of likely N-dealkylation sites (N-methyl/N-ethyl adjacent to an activating group) is 1. The fraction of sp³-hybridized carbons (Fsp3) is 0.222. The zero-order valence-electron chi connectivity index (χ0n) is 15.3. The Labute approximate surface area is 170 Å². The highest BCUT2D eigenvalue weighted by Gasteiger charge is 2.12. The maximum absolute atomic E-state index is 12.1. The number of nitrogens with one attached hydrogen (secondary N) is 1. The van der Waals surface area contributed by atoms with Gasteiger partial charge in [-0.1, -0.05) is 16.8 Å². The largest absolute Gasteiger partial charge is 0.375 e. The molecule has 3 aromatic rings. The minimum atomic E-state index is -0.209. The van der Waals surface area contributed by atoms with E-state index in [0.717, 1.165) is 11.4 Å². The lowest BCUT2D eigenvalue weighted by Gasteiger charge is -2.17. The Balaban J connectivity index is 1.62. The molecule has 1 aromatic carbocycles. The standard InChI is InChI=1S/C18H18ClN5O3S/c1-23(17(25)11-27-2)13-3-5-14(6-4-13)24-10-12(21-22-24)9-20-18(26)15-7-8-16(19)28-15/h3-8,10H,9,11H2,1-2H3,(H,20,26). The Morgan fingerprint density at radius 1 is 1.25 bits per heavy atom. The van der Waals surface area contributed by atoms with Gasteiger partial charge in [0.2, 0.25) is 0 Å². The molecule has 146 valence electrons. The van der Waals surface area contributed by atoms with Gasteiger partial charge in [-0.2, -0.15) is 0 Å². The summed E-state index contributed by atoms with van der Waals surface area (Å²) in [5.41, 5.74) is 2.15. The van der Waals surface area contributed by atoms with E-state index in [1.807, 2.05) is 24.3 Å². The highest BCUT2D eigenvalue weighted by molar-refractivity contribution is 7.17. The van der Waals surface area contributed by atoms with E-state index in [-0.39, 0.29) is 25.0 Å². The maximum Gasteiger partial charge on any atom is 0.261 e. The van der Waals surface area contributed by atoms with Gasteiger partial charge in [-0.15, -0.1) is 16.4 Å². The molecule has 0 aliphatic carbocycles. The van der Waals surface area contributed by atoms with Crippen LogP contribution in [-0.4, -0.2) is 47.6 Å². The molecule has 0 aliphatic rings. The number of anilines is 1. The molecule has 0 saturated heterocycles. The fourth-order valence-corrected chi connectivity index (χ4v) is 3.35. The summed E-state index contributed by atoms with van der Waals surface area (Å²) in [6.07, 6.45) is 1.73. The molecule has 3 rings (SSSR count). The number of aromatic nitrogens is 3. The van der Waals surface area contributed by atoms with Gasteiger partial charge in [0.05, 0.1) is 27.6 Å². The molecule has 8 nitrogen and oxygen atoms in total. The van der Waals surface area contributed by atoms with Gasteiger partial charge in [0.25, 0.3) is 11.8 Å². The average Bonchev–Trinajstić information content (AvgIpc) is 3.35. The van der Waals surface area contributed by atoms with Crippen molar-refractivity contribution in [2.24, 2.45) is 0 Å². The predicted octanol–water partition coefficient (Wildman–Crippen LogP) is 2.52. The van der Waals surface area contributed by atoms with Crippen LogP contribution in [0.15, 0.2) is 42.6 Å². The number of halogens is 1. The summed E-state index contributed by atoms with van der Waals surface area (Å²) in [4.78, 5) is 26.0. The summed E-state index contributed by atoms with van der Waals surface area (Å²) >= 11 is 7.06. The van der Waals surface area contributed by atoms with Crippen LogP contribution in [0.5, 0.6) is 0 Å². The van der Waals surface area contributed by atoms with Crippen LogP contribution in [0.25, 0.3) is 5.69 Å². The Hall–Kier alpha value is -2.75. The smallest absolute Gasteiger partial charge is 0.261 e. The van der Waals surface area contributed by atoms with E-state index in [9.17, 15) is 9.59 Å². The molecule has 0 saturated carbocycles. The molecule has 0 bridgehead atoms. The van der Waals surface area contributed by atoms with Crippen molar-refractivity contribution in [2.45, 2.75) is 6.54 Å². The molecule has 1 N–H and O–H groups in total. The normalized spacial score (nSPS) is 10.7. The molecule has 2 aromatic heterocycles. The van der Waals surface area contributed by atoms with Crippen molar-refractivity contribution in [1.82, 2.24) is 20.3 Å². The topological polar surface area (TPSA) is 89.4 Å². The lowest BCUT2D eigenvalue weighted by Crippen LogP contribution is -2.29. The van der Waals surface area contributed by atoms with E-state index in [1.165, 1.54) is 23.3 Å². The summed E-state index contributed by atoms with van der Waals surface area (Å²) in [7, 11) is 3.17. The number of hydrogen-bond donors (Lipinski definition) is 1. The van der Waals surface area contributed by atoms with Crippen LogP contribution < -0.4 is 10.2 Å². The van der Waals surface area contributed by atoms with Crippen molar-refractivity contribution in [3.05, 3.63) is 57.5 Å². The molecular formula is C18H18ClN5O3S. The van der Waals surface area contributed by atoms with Crippen molar-refractivity contribution in [1.29, 1.82) is 0 Å². The molecule has 2 heterocycles. The number of carbonyl (C=O) groups excluding carboxylic acids is 2. The first-order valence-corrected chi connectivity index (χ1v) is 9.48. The lowest BCUT2D eigenvalue weighted by atomic mass is 10.2. The second-order valence-corrected chi connectivity index (χ2v) is 7.56. The number of rotatable bonds is 7. The van der Waals surface area contributed by atoms with Gasteiger partial charge in [0.1, 0.15) is 12.3 Å².